The highest BCUT2D eigenvalue weighted by Crippen LogP contribution is 2.36. The van der Waals surface area contributed by atoms with Gasteiger partial charge in [0.1, 0.15) is 5.82 Å². The number of fused-ring (bicyclic) bond motifs is 1. The molecule has 3 aromatic heterocycles. The van der Waals surface area contributed by atoms with Gasteiger partial charge in [0, 0.05) is 74.5 Å². The smallest absolute Gasteiger partial charge is 0.217 e. The molecule has 0 radical (unpaired) electrons. The molecule has 188 valence electrons. The molecule has 36 heavy (non-hydrogen) atoms. The molecule has 9 nitrogen and oxygen atoms in total. The minimum Gasteiger partial charge on any atom is -0.371 e. The Morgan fingerprint density at radius 2 is 1.94 bits per heavy atom. The summed E-state index contributed by atoms with van der Waals surface area (Å²) >= 11 is 0. The molecular formula is C26H31FN8O. The summed E-state index contributed by atoms with van der Waals surface area (Å²) in [6, 6.07) is 5.19. The van der Waals surface area contributed by atoms with Gasteiger partial charge >= 0.3 is 0 Å². The van der Waals surface area contributed by atoms with Gasteiger partial charge < -0.3 is 15.5 Å². The van der Waals surface area contributed by atoms with Gasteiger partial charge in [0.05, 0.1) is 11.7 Å². The molecule has 3 aromatic rings. The van der Waals surface area contributed by atoms with Crippen LogP contribution in [0.5, 0.6) is 0 Å². The molecule has 2 aliphatic rings. The highest BCUT2D eigenvalue weighted by molar-refractivity contribution is 5.73. The van der Waals surface area contributed by atoms with Crippen molar-refractivity contribution in [3.8, 4) is 11.6 Å². The largest absolute Gasteiger partial charge is 0.371 e. The maximum Gasteiger partial charge on any atom is 0.217 e. The molecule has 0 saturated heterocycles. The van der Waals surface area contributed by atoms with E-state index in [-0.39, 0.29) is 11.9 Å². The number of amides is 1. The van der Waals surface area contributed by atoms with Gasteiger partial charge in [-0.05, 0) is 44.6 Å². The molecule has 0 bridgehead atoms. The Hall–Kier alpha value is -3.69. The molecule has 2 N–H and O–H groups in total. The molecule has 0 aromatic carbocycles. The molecule has 1 unspecified atom stereocenters. The number of aromatic nitrogens is 5. The highest BCUT2D eigenvalue weighted by Gasteiger charge is 2.29. The minimum absolute atomic E-state index is 0.0610. The topological polar surface area (TPSA) is 114 Å². The second kappa shape index (κ2) is 10.5. The van der Waals surface area contributed by atoms with Crippen molar-refractivity contribution in [2.75, 3.05) is 29.4 Å². The van der Waals surface area contributed by atoms with Crippen molar-refractivity contribution in [2.24, 2.45) is 11.7 Å². The van der Waals surface area contributed by atoms with E-state index < -0.39 is 5.95 Å². The first-order valence-corrected chi connectivity index (χ1v) is 12.6. The van der Waals surface area contributed by atoms with E-state index in [1.165, 1.54) is 18.9 Å². The van der Waals surface area contributed by atoms with Crippen LogP contribution < -0.4 is 15.5 Å². The van der Waals surface area contributed by atoms with Crippen LogP contribution in [0.4, 0.5) is 15.9 Å². The summed E-state index contributed by atoms with van der Waals surface area (Å²) in [5.74, 6) is 1.48. The van der Waals surface area contributed by atoms with E-state index >= 15 is 0 Å². The van der Waals surface area contributed by atoms with Crippen LogP contribution in [0.3, 0.4) is 0 Å². The third-order valence-electron chi connectivity index (χ3n) is 6.87. The Morgan fingerprint density at radius 3 is 2.69 bits per heavy atom. The molecule has 1 saturated carbocycles. The van der Waals surface area contributed by atoms with Gasteiger partial charge in [-0.1, -0.05) is 0 Å². The first-order valence-electron chi connectivity index (χ1n) is 12.6. The monoisotopic (exact) mass is 490 g/mol. The molecule has 1 amide bonds. The van der Waals surface area contributed by atoms with Gasteiger partial charge in [-0.25, -0.2) is 24.9 Å². The van der Waals surface area contributed by atoms with E-state index in [4.69, 9.17) is 10.7 Å². The summed E-state index contributed by atoms with van der Waals surface area (Å²) in [5.41, 5.74) is 8.07. The lowest BCUT2D eigenvalue weighted by molar-refractivity contribution is -0.118. The molecule has 4 heterocycles. The molecule has 1 aliphatic heterocycles. The van der Waals surface area contributed by atoms with Crippen molar-refractivity contribution in [1.29, 1.82) is 0 Å². The van der Waals surface area contributed by atoms with Gasteiger partial charge in [-0.3, -0.25) is 4.79 Å². The Labute approximate surface area is 210 Å². The minimum atomic E-state index is -0.494. The summed E-state index contributed by atoms with van der Waals surface area (Å²) < 4.78 is 14.8. The van der Waals surface area contributed by atoms with E-state index in [1.807, 2.05) is 12.3 Å². The number of primary amides is 1. The summed E-state index contributed by atoms with van der Waals surface area (Å²) in [6.45, 7) is 4.37. The standard InChI is InChI=1S/C26H31FN8O/c1-17-20-15-31-26(25-29-9-4-10-30-25)32-21(20)8-12-35(17)24-14-19(13-22(27)33-24)34(16-18-6-7-18)11-3-2-5-23(28)36/h4,9-10,13-15,17-18H,2-3,5-8,11-12,16H2,1H3,(H2,28,36). The number of anilines is 2. The number of carbonyl (C=O) groups is 1. The van der Waals surface area contributed by atoms with E-state index in [0.29, 0.717) is 42.8 Å². The Bertz CT molecular complexity index is 1220. The Balaban J connectivity index is 1.36. The summed E-state index contributed by atoms with van der Waals surface area (Å²) in [4.78, 5) is 37.4. The molecular weight excluding hydrogens is 459 g/mol. The van der Waals surface area contributed by atoms with Crippen LogP contribution in [-0.2, 0) is 11.2 Å². The van der Waals surface area contributed by atoms with Crippen LogP contribution >= 0.6 is 0 Å². The number of nitrogens with two attached hydrogens (primary N) is 1. The van der Waals surface area contributed by atoms with Crippen molar-refractivity contribution in [1.82, 2.24) is 24.9 Å². The lowest BCUT2D eigenvalue weighted by atomic mass is 9.99. The fourth-order valence-electron chi connectivity index (χ4n) is 4.74. The van der Waals surface area contributed by atoms with Crippen LogP contribution in [0.25, 0.3) is 11.6 Å². The normalized spacial score (nSPS) is 17.1. The van der Waals surface area contributed by atoms with Crippen molar-refractivity contribution in [3.63, 3.8) is 0 Å². The Kier molecular flexibility index (Phi) is 7.02. The zero-order chi connectivity index (χ0) is 25.1. The van der Waals surface area contributed by atoms with Crippen LogP contribution in [0.1, 0.15) is 56.3 Å². The average molecular weight is 491 g/mol. The van der Waals surface area contributed by atoms with Gasteiger partial charge in [-0.15, -0.1) is 0 Å². The lowest BCUT2D eigenvalue weighted by Gasteiger charge is -2.36. The lowest BCUT2D eigenvalue weighted by Crippen LogP contribution is -2.36. The number of pyridine rings is 1. The fourth-order valence-corrected chi connectivity index (χ4v) is 4.74. The molecule has 10 heteroatoms. The molecule has 0 spiro atoms. The zero-order valence-electron chi connectivity index (χ0n) is 20.5. The summed E-state index contributed by atoms with van der Waals surface area (Å²) in [6.07, 6.45) is 10.2. The highest BCUT2D eigenvalue weighted by atomic mass is 19.1. The van der Waals surface area contributed by atoms with Gasteiger partial charge in [0.2, 0.25) is 11.9 Å². The van der Waals surface area contributed by atoms with E-state index in [0.717, 1.165) is 42.9 Å². The van der Waals surface area contributed by atoms with Gasteiger partial charge in [0.25, 0.3) is 0 Å². The molecule has 5 rings (SSSR count). The van der Waals surface area contributed by atoms with Gasteiger partial charge in [-0.2, -0.15) is 4.39 Å². The number of halogens is 1. The van der Waals surface area contributed by atoms with Crippen LogP contribution in [0.2, 0.25) is 0 Å². The number of rotatable bonds is 10. The summed E-state index contributed by atoms with van der Waals surface area (Å²) in [7, 11) is 0. The van der Waals surface area contributed by atoms with Crippen molar-refractivity contribution in [3.05, 3.63) is 54.0 Å². The van der Waals surface area contributed by atoms with Gasteiger partial charge in [0.15, 0.2) is 11.6 Å². The number of nitrogens with zero attached hydrogens (tertiary/aromatic N) is 7. The van der Waals surface area contributed by atoms with Crippen LogP contribution in [0, 0.1) is 11.9 Å². The quantitative estimate of drug-likeness (QED) is 0.339. The third-order valence-corrected chi connectivity index (χ3v) is 6.87. The van der Waals surface area contributed by atoms with Crippen molar-refractivity contribution >= 4 is 17.4 Å². The average Bonchev–Trinajstić information content (AvgIpc) is 3.70. The number of hydrogen-bond donors (Lipinski definition) is 1. The Morgan fingerprint density at radius 1 is 1.14 bits per heavy atom. The van der Waals surface area contributed by atoms with Crippen LogP contribution in [-0.4, -0.2) is 50.5 Å². The number of carbonyl (C=O) groups excluding carboxylic acids is 1. The van der Waals surface area contributed by atoms with Crippen molar-refractivity contribution < 1.29 is 9.18 Å². The SMILES string of the molecule is CC1c2cnc(-c3ncccn3)nc2CCN1c1cc(N(CCCCC(N)=O)CC2CC2)cc(F)n1. The third kappa shape index (κ3) is 5.58. The maximum atomic E-state index is 14.8. The molecule has 1 fully saturated rings. The van der Waals surface area contributed by atoms with E-state index in [1.54, 1.807) is 18.5 Å². The predicted octanol–water partition coefficient (Wildman–Crippen LogP) is 3.46. The second-order valence-electron chi connectivity index (χ2n) is 9.61. The number of hydrogen-bond acceptors (Lipinski definition) is 8. The van der Waals surface area contributed by atoms with Crippen LogP contribution in [0.15, 0.2) is 36.8 Å². The van der Waals surface area contributed by atoms with E-state index in [2.05, 4.69) is 36.7 Å². The fraction of sp³-hybridized carbons (Fsp3) is 0.462. The predicted molar refractivity (Wildman–Crippen MR) is 135 cm³/mol. The first-order chi connectivity index (χ1) is 17.5. The zero-order valence-corrected chi connectivity index (χ0v) is 20.5. The number of unbranched alkanes of at least 4 members (excludes halogenated alkanes) is 1. The van der Waals surface area contributed by atoms with Crippen molar-refractivity contribution in [2.45, 2.75) is 51.5 Å². The summed E-state index contributed by atoms with van der Waals surface area (Å²) in [5, 5.41) is 0. The second-order valence-corrected chi connectivity index (χ2v) is 9.61. The molecule has 1 atom stereocenters. The van der Waals surface area contributed by atoms with E-state index in [9.17, 15) is 9.18 Å². The maximum absolute atomic E-state index is 14.8. The first kappa shape index (κ1) is 24.0. The molecule has 1 aliphatic carbocycles.